The number of ether oxygens (including phenoxy) is 1. The average Bonchev–Trinajstić information content (AvgIpc) is 2.78. The second kappa shape index (κ2) is 10.8. The van der Waals surface area contributed by atoms with Gasteiger partial charge in [-0.05, 0) is 74.0 Å². The molecule has 2 amide bonds. The molecule has 2 N–H and O–H groups in total. The van der Waals surface area contributed by atoms with Crippen molar-refractivity contribution in [1.29, 1.82) is 0 Å². The van der Waals surface area contributed by atoms with Crippen LogP contribution in [0, 0.1) is 0 Å². The maximum absolute atomic E-state index is 12.4. The fraction of sp³-hybridized carbons (Fsp3) is 0.125. The first-order valence-electron chi connectivity index (χ1n) is 9.81. The molecule has 0 bridgehead atoms. The van der Waals surface area contributed by atoms with E-state index in [1.807, 2.05) is 6.92 Å². The molecule has 8 heteroatoms. The van der Waals surface area contributed by atoms with Crippen LogP contribution in [-0.4, -0.2) is 24.1 Å². The molecule has 0 fully saturated rings. The van der Waals surface area contributed by atoms with Crippen LogP contribution in [-0.2, 0) is 0 Å². The zero-order chi connectivity index (χ0) is 23.1. The van der Waals surface area contributed by atoms with E-state index in [0.29, 0.717) is 39.9 Å². The van der Waals surface area contributed by atoms with Gasteiger partial charge in [0.25, 0.3) is 11.8 Å². The first kappa shape index (κ1) is 23.3. The molecule has 0 aliphatic carbocycles. The SMILES string of the molecule is CCOc1ccc(C(=O)N/N=C(\C)c2ccc(NC(=O)c3ccc(Cl)cc3Cl)cc2)cc1. The van der Waals surface area contributed by atoms with Gasteiger partial charge in [-0.2, -0.15) is 5.10 Å². The van der Waals surface area contributed by atoms with E-state index >= 15 is 0 Å². The first-order valence-corrected chi connectivity index (χ1v) is 10.6. The molecule has 0 aliphatic heterocycles. The number of nitrogens with zero attached hydrogens (tertiary/aromatic N) is 1. The van der Waals surface area contributed by atoms with E-state index in [0.717, 1.165) is 5.56 Å². The highest BCUT2D eigenvalue weighted by atomic mass is 35.5. The van der Waals surface area contributed by atoms with E-state index in [1.54, 1.807) is 67.6 Å². The van der Waals surface area contributed by atoms with Gasteiger partial charge in [0.1, 0.15) is 5.75 Å². The van der Waals surface area contributed by atoms with Gasteiger partial charge in [0, 0.05) is 16.3 Å². The minimum atomic E-state index is -0.340. The highest BCUT2D eigenvalue weighted by molar-refractivity contribution is 6.37. The number of rotatable bonds is 7. The molecule has 3 aromatic carbocycles. The van der Waals surface area contributed by atoms with Crippen LogP contribution >= 0.6 is 23.2 Å². The van der Waals surface area contributed by atoms with Crippen molar-refractivity contribution in [3.8, 4) is 5.75 Å². The molecule has 3 rings (SSSR count). The maximum Gasteiger partial charge on any atom is 0.271 e. The Kier molecular flexibility index (Phi) is 7.87. The topological polar surface area (TPSA) is 79.8 Å². The number of hydrazone groups is 1. The van der Waals surface area contributed by atoms with Gasteiger partial charge in [0.2, 0.25) is 0 Å². The number of nitrogens with one attached hydrogen (secondary N) is 2. The minimum absolute atomic E-state index is 0.276. The number of hydrogen-bond acceptors (Lipinski definition) is 4. The lowest BCUT2D eigenvalue weighted by Gasteiger charge is -2.08. The molecule has 0 aromatic heterocycles. The molecule has 0 atom stereocenters. The van der Waals surface area contributed by atoms with E-state index < -0.39 is 0 Å². The quantitative estimate of drug-likeness (QED) is 0.339. The molecule has 164 valence electrons. The lowest BCUT2D eigenvalue weighted by molar-refractivity contribution is 0.0954. The lowest BCUT2D eigenvalue weighted by atomic mass is 10.1. The summed E-state index contributed by atoms with van der Waals surface area (Å²) in [6, 6.07) is 18.6. The van der Waals surface area contributed by atoms with Crippen molar-refractivity contribution in [1.82, 2.24) is 5.43 Å². The summed E-state index contributed by atoms with van der Waals surface area (Å²) in [6.07, 6.45) is 0. The number of hydrogen-bond donors (Lipinski definition) is 2. The number of amides is 2. The third kappa shape index (κ3) is 6.09. The Hall–Kier alpha value is -3.35. The average molecular weight is 470 g/mol. The molecular formula is C24H21Cl2N3O3. The molecule has 0 spiro atoms. The summed E-state index contributed by atoms with van der Waals surface area (Å²) < 4.78 is 5.37. The van der Waals surface area contributed by atoms with Gasteiger partial charge in [-0.3, -0.25) is 9.59 Å². The maximum atomic E-state index is 12.4. The molecule has 0 aliphatic rings. The molecule has 0 saturated carbocycles. The van der Waals surface area contributed by atoms with Crippen LogP contribution in [0.15, 0.2) is 71.8 Å². The van der Waals surface area contributed by atoms with Crippen LogP contribution in [0.2, 0.25) is 10.0 Å². The summed E-state index contributed by atoms with van der Waals surface area (Å²) >= 11 is 12.0. The predicted octanol–water partition coefficient (Wildman–Crippen LogP) is 5.80. The summed E-state index contributed by atoms with van der Waals surface area (Å²) in [7, 11) is 0. The third-order valence-electron chi connectivity index (χ3n) is 4.49. The zero-order valence-electron chi connectivity index (χ0n) is 17.5. The number of carbonyl (C=O) groups is 2. The van der Waals surface area contributed by atoms with Crippen LogP contribution in [0.25, 0.3) is 0 Å². The van der Waals surface area contributed by atoms with E-state index in [2.05, 4.69) is 15.8 Å². The Morgan fingerprint density at radius 3 is 2.19 bits per heavy atom. The number of anilines is 1. The Morgan fingerprint density at radius 1 is 0.906 bits per heavy atom. The van der Waals surface area contributed by atoms with Crippen LogP contribution in [0.5, 0.6) is 5.75 Å². The van der Waals surface area contributed by atoms with E-state index in [1.165, 1.54) is 6.07 Å². The standard InChI is InChI=1S/C24H21Cl2N3O3/c1-3-32-20-11-6-17(7-12-20)23(30)29-28-15(2)16-4-9-19(10-5-16)27-24(31)21-13-8-18(25)14-22(21)26/h4-14H,3H2,1-2H3,(H,27,31)(H,29,30)/b28-15+. The van der Waals surface area contributed by atoms with Crippen molar-refractivity contribution < 1.29 is 14.3 Å². The van der Waals surface area contributed by atoms with E-state index in [-0.39, 0.29) is 16.8 Å². The van der Waals surface area contributed by atoms with Gasteiger partial charge in [0.05, 0.1) is 22.9 Å². The molecule has 0 radical (unpaired) electrons. The van der Waals surface area contributed by atoms with E-state index in [9.17, 15) is 9.59 Å². The van der Waals surface area contributed by atoms with Crippen LogP contribution in [0.1, 0.15) is 40.1 Å². The van der Waals surface area contributed by atoms with E-state index in [4.69, 9.17) is 27.9 Å². The van der Waals surface area contributed by atoms with Crippen molar-refractivity contribution in [2.24, 2.45) is 5.10 Å². The van der Waals surface area contributed by atoms with Crippen molar-refractivity contribution in [2.75, 3.05) is 11.9 Å². The second-order valence-electron chi connectivity index (χ2n) is 6.75. The Morgan fingerprint density at radius 2 is 1.56 bits per heavy atom. The van der Waals surface area contributed by atoms with Gasteiger partial charge >= 0.3 is 0 Å². The summed E-state index contributed by atoms with van der Waals surface area (Å²) in [5.41, 5.74) is 5.34. The van der Waals surface area contributed by atoms with Crippen molar-refractivity contribution in [3.05, 3.63) is 93.5 Å². The molecular weight excluding hydrogens is 449 g/mol. The van der Waals surface area contributed by atoms with Crippen molar-refractivity contribution >= 4 is 46.4 Å². The Labute approximate surface area is 196 Å². The van der Waals surface area contributed by atoms with Gasteiger partial charge in [-0.15, -0.1) is 0 Å². The highest BCUT2D eigenvalue weighted by Gasteiger charge is 2.11. The fourth-order valence-corrected chi connectivity index (χ4v) is 3.29. The Bertz CT molecular complexity index is 1140. The predicted molar refractivity (Wildman–Crippen MR) is 128 cm³/mol. The van der Waals surface area contributed by atoms with Crippen LogP contribution in [0.3, 0.4) is 0 Å². The van der Waals surface area contributed by atoms with Gasteiger partial charge in [-0.25, -0.2) is 5.43 Å². The second-order valence-corrected chi connectivity index (χ2v) is 7.59. The third-order valence-corrected chi connectivity index (χ3v) is 5.04. The number of halogens is 2. The number of carbonyl (C=O) groups excluding carboxylic acids is 2. The first-order chi connectivity index (χ1) is 15.4. The lowest BCUT2D eigenvalue weighted by Crippen LogP contribution is -2.19. The van der Waals surface area contributed by atoms with Crippen LogP contribution < -0.4 is 15.5 Å². The minimum Gasteiger partial charge on any atom is -0.494 e. The Balaban J connectivity index is 1.61. The zero-order valence-corrected chi connectivity index (χ0v) is 19.0. The summed E-state index contributed by atoms with van der Waals surface area (Å²) in [5.74, 6) is 0.0396. The normalized spacial score (nSPS) is 11.1. The van der Waals surface area contributed by atoms with Gasteiger partial charge < -0.3 is 10.1 Å². The molecule has 0 heterocycles. The molecule has 0 saturated heterocycles. The molecule has 3 aromatic rings. The van der Waals surface area contributed by atoms with Gasteiger partial charge in [-0.1, -0.05) is 35.3 Å². The van der Waals surface area contributed by atoms with Crippen LogP contribution in [0.4, 0.5) is 5.69 Å². The smallest absolute Gasteiger partial charge is 0.271 e. The fourth-order valence-electron chi connectivity index (χ4n) is 2.80. The summed E-state index contributed by atoms with van der Waals surface area (Å²) in [5, 5.41) is 7.67. The monoisotopic (exact) mass is 469 g/mol. The van der Waals surface area contributed by atoms with Crippen molar-refractivity contribution in [3.63, 3.8) is 0 Å². The largest absolute Gasteiger partial charge is 0.494 e. The molecule has 32 heavy (non-hydrogen) atoms. The summed E-state index contributed by atoms with van der Waals surface area (Å²) in [6.45, 7) is 4.24. The molecule has 6 nitrogen and oxygen atoms in total. The molecule has 0 unspecified atom stereocenters. The van der Waals surface area contributed by atoms with Crippen molar-refractivity contribution in [2.45, 2.75) is 13.8 Å². The van der Waals surface area contributed by atoms with Gasteiger partial charge in [0.15, 0.2) is 0 Å². The highest BCUT2D eigenvalue weighted by Crippen LogP contribution is 2.22. The summed E-state index contributed by atoms with van der Waals surface area (Å²) in [4.78, 5) is 24.7. The number of benzene rings is 3.